The Morgan fingerprint density at radius 1 is 1.50 bits per heavy atom. The van der Waals surface area contributed by atoms with E-state index in [2.05, 4.69) is 36.3 Å². The van der Waals surface area contributed by atoms with Crippen molar-refractivity contribution in [1.82, 2.24) is 20.2 Å². The molecule has 3 N–H and O–H groups in total. The zero-order valence-electron chi connectivity index (χ0n) is 12.7. The van der Waals surface area contributed by atoms with E-state index in [0.717, 1.165) is 38.1 Å². The van der Waals surface area contributed by atoms with Gasteiger partial charge in [-0.25, -0.2) is 9.67 Å². The molecule has 0 aromatic carbocycles. The van der Waals surface area contributed by atoms with Crippen molar-refractivity contribution in [2.45, 2.75) is 64.6 Å². The molecule has 1 aromatic heterocycles. The normalized spacial score (nSPS) is 23.9. The molecule has 0 amide bonds. The summed E-state index contributed by atoms with van der Waals surface area (Å²) in [6, 6.07) is 0.584. The Kier molecular flexibility index (Phi) is 5.51. The van der Waals surface area contributed by atoms with E-state index < -0.39 is 0 Å². The van der Waals surface area contributed by atoms with E-state index in [0.29, 0.717) is 18.1 Å². The van der Waals surface area contributed by atoms with Gasteiger partial charge >= 0.3 is 0 Å². The van der Waals surface area contributed by atoms with Crippen molar-refractivity contribution < 1.29 is 4.74 Å². The summed E-state index contributed by atoms with van der Waals surface area (Å²) in [6.07, 6.45) is 6.29. The fourth-order valence-electron chi connectivity index (χ4n) is 2.92. The highest BCUT2D eigenvalue weighted by Gasteiger charge is 2.31. The quantitative estimate of drug-likeness (QED) is 0.557. The summed E-state index contributed by atoms with van der Waals surface area (Å²) in [7, 11) is 0. The molecule has 0 radical (unpaired) electrons. The second kappa shape index (κ2) is 7.15. The standard InChI is InChI=1S/C14H27N5O/c1-4-20-13-6-11(7-13)5-12(18-15)8-14-16-9-17-19(14)10(2)3/h9-13,18H,4-8,15H2,1-3H3. The number of ether oxygens (including phenoxy) is 1. The largest absolute Gasteiger partial charge is 0.378 e. The van der Waals surface area contributed by atoms with E-state index in [1.54, 1.807) is 6.33 Å². The van der Waals surface area contributed by atoms with Crippen molar-refractivity contribution in [3.05, 3.63) is 12.2 Å². The van der Waals surface area contributed by atoms with Gasteiger partial charge in [-0.3, -0.25) is 11.3 Å². The Hall–Kier alpha value is -0.980. The number of nitrogens with two attached hydrogens (primary N) is 1. The molecule has 0 bridgehead atoms. The van der Waals surface area contributed by atoms with Gasteiger partial charge in [-0.05, 0) is 46.0 Å². The van der Waals surface area contributed by atoms with Crippen LogP contribution in [-0.4, -0.2) is 33.5 Å². The molecular weight excluding hydrogens is 254 g/mol. The third-order valence-electron chi connectivity index (χ3n) is 4.01. The van der Waals surface area contributed by atoms with Crippen molar-refractivity contribution in [1.29, 1.82) is 0 Å². The Balaban J connectivity index is 1.82. The first-order chi connectivity index (χ1) is 9.63. The van der Waals surface area contributed by atoms with Gasteiger partial charge in [-0.1, -0.05) is 0 Å². The van der Waals surface area contributed by atoms with Crippen LogP contribution in [0.5, 0.6) is 0 Å². The Morgan fingerprint density at radius 3 is 2.85 bits per heavy atom. The van der Waals surface area contributed by atoms with Crippen LogP contribution in [0.3, 0.4) is 0 Å². The van der Waals surface area contributed by atoms with Crippen molar-refractivity contribution >= 4 is 0 Å². The summed E-state index contributed by atoms with van der Waals surface area (Å²) in [6.45, 7) is 7.09. The van der Waals surface area contributed by atoms with Crippen LogP contribution >= 0.6 is 0 Å². The fourth-order valence-corrected chi connectivity index (χ4v) is 2.92. The van der Waals surface area contributed by atoms with Crippen LogP contribution in [0.2, 0.25) is 0 Å². The maximum absolute atomic E-state index is 5.70. The highest BCUT2D eigenvalue weighted by Crippen LogP contribution is 2.33. The molecular formula is C14H27N5O. The number of nitrogens with zero attached hydrogens (tertiary/aromatic N) is 3. The number of nitrogens with one attached hydrogen (secondary N) is 1. The predicted octanol–water partition coefficient (Wildman–Crippen LogP) is 1.44. The highest BCUT2D eigenvalue weighted by molar-refractivity contribution is 4.93. The second-order valence-electron chi connectivity index (χ2n) is 5.93. The SMILES string of the molecule is CCOC1CC(CC(Cc2ncnn2C(C)C)NN)C1. The number of hydrogen-bond acceptors (Lipinski definition) is 5. The Morgan fingerprint density at radius 2 is 2.25 bits per heavy atom. The molecule has 114 valence electrons. The average Bonchev–Trinajstić information content (AvgIpc) is 2.83. The van der Waals surface area contributed by atoms with Crippen LogP contribution < -0.4 is 11.3 Å². The number of aromatic nitrogens is 3. The Labute approximate surface area is 121 Å². The lowest BCUT2D eigenvalue weighted by molar-refractivity contribution is -0.0291. The lowest BCUT2D eigenvalue weighted by atomic mass is 9.78. The van der Waals surface area contributed by atoms with Crippen molar-refractivity contribution in [2.24, 2.45) is 11.8 Å². The van der Waals surface area contributed by atoms with Crippen LogP contribution in [0.25, 0.3) is 0 Å². The van der Waals surface area contributed by atoms with Crippen LogP contribution in [-0.2, 0) is 11.2 Å². The molecule has 1 unspecified atom stereocenters. The Bertz CT molecular complexity index is 400. The maximum Gasteiger partial charge on any atom is 0.138 e. The third kappa shape index (κ3) is 3.77. The number of rotatable bonds is 8. The summed E-state index contributed by atoms with van der Waals surface area (Å²) in [4.78, 5) is 4.35. The van der Waals surface area contributed by atoms with Crippen LogP contribution in [0, 0.1) is 5.92 Å². The molecule has 1 heterocycles. The van der Waals surface area contributed by atoms with Gasteiger partial charge in [0.2, 0.25) is 0 Å². The minimum absolute atomic E-state index is 0.254. The molecule has 0 aliphatic heterocycles. The average molecular weight is 281 g/mol. The molecule has 1 aliphatic carbocycles. The van der Waals surface area contributed by atoms with E-state index >= 15 is 0 Å². The first-order valence-corrected chi connectivity index (χ1v) is 7.60. The molecule has 6 nitrogen and oxygen atoms in total. The minimum Gasteiger partial charge on any atom is -0.378 e. The summed E-state index contributed by atoms with van der Waals surface area (Å²) in [5.41, 5.74) is 2.93. The lowest BCUT2D eigenvalue weighted by Gasteiger charge is -2.36. The summed E-state index contributed by atoms with van der Waals surface area (Å²) in [5, 5.41) is 4.27. The van der Waals surface area contributed by atoms with Crippen molar-refractivity contribution in [2.75, 3.05) is 6.61 Å². The first kappa shape index (κ1) is 15.4. The number of hydrazine groups is 1. The van der Waals surface area contributed by atoms with E-state index in [-0.39, 0.29) is 6.04 Å². The van der Waals surface area contributed by atoms with E-state index in [9.17, 15) is 0 Å². The monoisotopic (exact) mass is 281 g/mol. The smallest absolute Gasteiger partial charge is 0.138 e. The summed E-state index contributed by atoms with van der Waals surface area (Å²) < 4.78 is 7.57. The number of hydrogen-bond donors (Lipinski definition) is 2. The molecule has 0 saturated heterocycles. The molecule has 6 heteroatoms. The maximum atomic E-state index is 5.70. The topological polar surface area (TPSA) is 78.0 Å². The lowest BCUT2D eigenvalue weighted by Crippen LogP contribution is -2.42. The highest BCUT2D eigenvalue weighted by atomic mass is 16.5. The van der Waals surface area contributed by atoms with E-state index in [1.807, 2.05) is 4.68 Å². The molecule has 1 fully saturated rings. The van der Waals surface area contributed by atoms with Gasteiger partial charge in [0.15, 0.2) is 0 Å². The fraction of sp³-hybridized carbons (Fsp3) is 0.857. The zero-order valence-corrected chi connectivity index (χ0v) is 12.7. The van der Waals surface area contributed by atoms with E-state index in [1.165, 1.54) is 0 Å². The van der Waals surface area contributed by atoms with Crippen molar-refractivity contribution in [3.8, 4) is 0 Å². The minimum atomic E-state index is 0.254. The summed E-state index contributed by atoms with van der Waals surface area (Å²) >= 11 is 0. The van der Waals surface area contributed by atoms with Gasteiger partial charge in [0.1, 0.15) is 12.2 Å². The third-order valence-corrected chi connectivity index (χ3v) is 4.01. The van der Waals surface area contributed by atoms with Gasteiger partial charge in [-0.15, -0.1) is 0 Å². The van der Waals surface area contributed by atoms with Gasteiger partial charge in [0, 0.05) is 25.1 Å². The van der Waals surface area contributed by atoms with Gasteiger partial charge in [0.05, 0.1) is 6.10 Å². The van der Waals surface area contributed by atoms with Crippen LogP contribution in [0.4, 0.5) is 0 Å². The predicted molar refractivity (Wildman–Crippen MR) is 78.0 cm³/mol. The van der Waals surface area contributed by atoms with E-state index in [4.69, 9.17) is 10.6 Å². The summed E-state index contributed by atoms with van der Waals surface area (Å²) in [5.74, 6) is 7.41. The molecule has 1 atom stereocenters. The molecule has 20 heavy (non-hydrogen) atoms. The van der Waals surface area contributed by atoms with Crippen LogP contribution in [0.1, 0.15) is 51.9 Å². The second-order valence-corrected chi connectivity index (χ2v) is 5.93. The van der Waals surface area contributed by atoms with Crippen molar-refractivity contribution in [3.63, 3.8) is 0 Å². The van der Waals surface area contributed by atoms with Gasteiger partial charge in [0.25, 0.3) is 0 Å². The first-order valence-electron chi connectivity index (χ1n) is 7.60. The molecule has 1 aromatic rings. The molecule has 0 spiro atoms. The van der Waals surface area contributed by atoms with Crippen LogP contribution in [0.15, 0.2) is 6.33 Å². The molecule has 1 aliphatic rings. The van der Waals surface area contributed by atoms with Gasteiger partial charge in [-0.2, -0.15) is 5.10 Å². The molecule has 1 saturated carbocycles. The van der Waals surface area contributed by atoms with Gasteiger partial charge < -0.3 is 4.74 Å². The molecule has 2 rings (SSSR count). The zero-order chi connectivity index (χ0) is 14.5.